The number of morpholine rings is 1. The van der Waals surface area contributed by atoms with Crippen LogP contribution in [0.1, 0.15) is 0 Å². The molecule has 0 bridgehead atoms. The van der Waals surface area contributed by atoms with Crippen molar-refractivity contribution in [3.63, 3.8) is 0 Å². The van der Waals surface area contributed by atoms with Gasteiger partial charge in [0.2, 0.25) is 0 Å². The summed E-state index contributed by atoms with van der Waals surface area (Å²) in [5.41, 5.74) is 0. The van der Waals surface area contributed by atoms with E-state index >= 15 is 0 Å². The van der Waals surface area contributed by atoms with Crippen molar-refractivity contribution >= 4 is 6.47 Å². The van der Waals surface area contributed by atoms with Crippen molar-refractivity contribution in [1.29, 1.82) is 0 Å². The van der Waals surface area contributed by atoms with E-state index in [9.17, 15) is 0 Å². The van der Waals surface area contributed by atoms with Crippen LogP contribution in [0.2, 0.25) is 0 Å². The Hall–Kier alpha value is -0.610. The summed E-state index contributed by atoms with van der Waals surface area (Å²) in [6.45, 7) is 3.58. The van der Waals surface area contributed by atoms with Crippen molar-refractivity contribution in [1.82, 2.24) is 5.32 Å². The lowest BCUT2D eigenvalue weighted by Gasteiger charge is -2.10. The second kappa shape index (κ2) is 7.39. The van der Waals surface area contributed by atoms with Gasteiger partial charge in [-0.15, -0.1) is 0 Å². The number of ether oxygens (including phenoxy) is 1. The molecule has 0 amide bonds. The smallest absolute Gasteiger partial charge is 0.290 e. The summed E-state index contributed by atoms with van der Waals surface area (Å²) in [5, 5.41) is 10.0. The first-order valence-corrected chi connectivity index (χ1v) is 2.78. The molecule has 1 fully saturated rings. The molecular weight excluding hydrogens is 122 g/mol. The van der Waals surface area contributed by atoms with Gasteiger partial charge in [0.1, 0.15) is 0 Å². The Morgan fingerprint density at radius 1 is 1.44 bits per heavy atom. The van der Waals surface area contributed by atoms with Crippen molar-refractivity contribution in [3.05, 3.63) is 0 Å². The van der Waals surface area contributed by atoms with Crippen LogP contribution in [0.3, 0.4) is 0 Å². The van der Waals surface area contributed by atoms with Crippen molar-refractivity contribution in [2.24, 2.45) is 0 Å². The lowest BCUT2D eigenvalue weighted by molar-refractivity contribution is -0.122. The van der Waals surface area contributed by atoms with Gasteiger partial charge in [0.25, 0.3) is 6.47 Å². The Kier molecular flexibility index (Phi) is 6.89. The number of hydrogen-bond donors (Lipinski definition) is 2. The Morgan fingerprint density at radius 3 is 2.00 bits per heavy atom. The van der Waals surface area contributed by atoms with E-state index in [1.54, 1.807) is 0 Å². The fourth-order valence-corrected chi connectivity index (χ4v) is 0.516. The molecule has 0 aromatic rings. The van der Waals surface area contributed by atoms with Crippen molar-refractivity contribution in [3.8, 4) is 0 Å². The molecule has 0 spiro atoms. The molecule has 1 aliphatic heterocycles. The number of hydrogen-bond acceptors (Lipinski definition) is 3. The third-order valence-corrected chi connectivity index (χ3v) is 0.846. The van der Waals surface area contributed by atoms with Gasteiger partial charge >= 0.3 is 0 Å². The summed E-state index contributed by atoms with van der Waals surface area (Å²) < 4.78 is 5.01. The molecule has 0 aromatic heterocycles. The Bertz CT molecular complexity index is 51.7. The van der Waals surface area contributed by atoms with E-state index in [4.69, 9.17) is 14.6 Å². The molecular formula is C5H11NO3. The van der Waals surface area contributed by atoms with Gasteiger partial charge in [0.05, 0.1) is 13.2 Å². The van der Waals surface area contributed by atoms with Crippen LogP contribution in [-0.2, 0) is 9.53 Å². The molecule has 0 aromatic carbocycles. The fourth-order valence-electron chi connectivity index (χ4n) is 0.516. The Balaban J connectivity index is 0.000000187. The zero-order chi connectivity index (χ0) is 6.95. The average Bonchev–Trinajstić information content (AvgIpc) is 1.93. The van der Waals surface area contributed by atoms with Crippen molar-refractivity contribution in [2.45, 2.75) is 0 Å². The van der Waals surface area contributed by atoms with Crippen LogP contribution in [0, 0.1) is 0 Å². The minimum Gasteiger partial charge on any atom is -0.483 e. The van der Waals surface area contributed by atoms with Crippen LogP contribution < -0.4 is 5.32 Å². The first-order chi connectivity index (χ1) is 4.41. The largest absolute Gasteiger partial charge is 0.483 e. The van der Waals surface area contributed by atoms with Gasteiger partial charge < -0.3 is 15.2 Å². The molecule has 0 aliphatic carbocycles. The van der Waals surface area contributed by atoms with Crippen LogP contribution in [-0.4, -0.2) is 37.9 Å². The predicted octanol–water partition coefficient (Wildman–Crippen LogP) is -0.693. The second-order valence-corrected chi connectivity index (χ2v) is 1.47. The highest BCUT2D eigenvalue weighted by molar-refractivity contribution is 5.32. The SMILES string of the molecule is C1COCCN1.O=CO. The number of nitrogens with one attached hydrogen (secondary N) is 1. The van der Waals surface area contributed by atoms with Gasteiger partial charge in [0, 0.05) is 13.1 Å². The molecule has 4 nitrogen and oxygen atoms in total. The van der Waals surface area contributed by atoms with Gasteiger partial charge in [-0.05, 0) is 0 Å². The summed E-state index contributed by atoms with van der Waals surface area (Å²) in [5.74, 6) is 0. The third kappa shape index (κ3) is 7.39. The quantitative estimate of drug-likeness (QED) is 0.429. The van der Waals surface area contributed by atoms with Crippen molar-refractivity contribution in [2.75, 3.05) is 26.3 Å². The van der Waals surface area contributed by atoms with Gasteiger partial charge in [-0.25, -0.2) is 0 Å². The summed E-state index contributed by atoms with van der Waals surface area (Å²) in [7, 11) is 0. The molecule has 1 rings (SSSR count). The molecule has 0 atom stereocenters. The maximum absolute atomic E-state index is 8.36. The minimum absolute atomic E-state index is 0.250. The molecule has 1 heterocycles. The van der Waals surface area contributed by atoms with E-state index in [2.05, 4.69) is 5.32 Å². The standard InChI is InChI=1S/C4H9NO.CH2O2/c1-3-6-4-2-5-1;2-1-3/h5H,1-4H2;1H,(H,2,3). The van der Waals surface area contributed by atoms with Gasteiger partial charge in [-0.2, -0.15) is 0 Å². The predicted molar refractivity (Wildman–Crippen MR) is 32.4 cm³/mol. The van der Waals surface area contributed by atoms with E-state index in [0.29, 0.717) is 0 Å². The van der Waals surface area contributed by atoms with Crippen LogP contribution >= 0.6 is 0 Å². The summed E-state index contributed by atoms with van der Waals surface area (Å²) in [6.07, 6.45) is 0. The molecule has 0 saturated carbocycles. The highest BCUT2D eigenvalue weighted by Crippen LogP contribution is 1.76. The second-order valence-electron chi connectivity index (χ2n) is 1.47. The Labute approximate surface area is 53.8 Å². The van der Waals surface area contributed by atoms with E-state index in [1.165, 1.54) is 0 Å². The zero-order valence-corrected chi connectivity index (χ0v) is 5.17. The van der Waals surface area contributed by atoms with Crippen LogP contribution in [0.15, 0.2) is 0 Å². The van der Waals surface area contributed by atoms with Gasteiger partial charge in [0.15, 0.2) is 0 Å². The van der Waals surface area contributed by atoms with Gasteiger partial charge in [-0.1, -0.05) is 0 Å². The van der Waals surface area contributed by atoms with Crippen molar-refractivity contribution < 1.29 is 14.6 Å². The van der Waals surface area contributed by atoms with Gasteiger partial charge in [-0.3, -0.25) is 4.79 Å². The van der Waals surface area contributed by atoms with Crippen LogP contribution in [0.5, 0.6) is 0 Å². The highest BCUT2D eigenvalue weighted by Gasteiger charge is 1.92. The lowest BCUT2D eigenvalue weighted by atomic mass is 10.5. The number of carbonyl (C=O) groups is 1. The summed E-state index contributed by atoms with van der Waals surface area (Å²) >= 11 is 0. The molecule has 1 aliphatic rings. The maximum atomic E-state index is 8.36. The lowest BCUT2D eigenvalue weighted by Crippen LogP contribution is -2.30. The summed E-state index contributed by atoms with van der Waals surface area (Å²) in [6, 6.07) is 0. The zero-order valence-electron chi connectivity index (χ0n) is 5.17. The molecule has 0 unspecified atom stereocenters. The van der Waals surface area contributed by atoms with E-state index < -0.39 is 0 Å². The molecule has 4 heteroatoms. The molecule has 2 N–H and O–H groups in total. The first kappa shape index (κ1) is 8.39. The molecule has 9 heavy (non-hydrogen) atoms. The topological polar surface area (TPSA) is 58.6 Å². The maximum Gasteiger partial charge on any atom is 0.290 e. The number of carboxylic acid groups (broad SMARTS) is 1. The molecule has 0 radical (unpaired) electrons. The van der Waals surface area contributed by atoms with Crippen LogP contribution in [0.25, 0.3) is 0 Å². The van der Waals surface area contributed by atoms with E-state index in [1.807, 2.05) is 0 Å². The monoisotopic (exact) mass is 133 g/mol. The van der Waals surface area contributed by atoms with Crippen LogP contribution in [0.4, 0.5) is 0 Å². The van der Waals surface area contributed by atoms with E-state index in [-0.39, 0.29) is 6.47 Å². The average molecular weight is 133 g/mol. The Morgan fingerprint density at radius 2 is 1.89 bits per heavy atom. The third-order valence-electron chi connectivity index (χ3n) is 0.846. The first-order valence-electron chi connectivity index (χ1n) is 2.78. The number of rotatable bonds is 0. The minimum atomic E-state index is -0.250. The normalized spacial score (nSPS) is 17.3. The van der Waals surface area contributed by atoms with E-state index in [0.717, 1.165) is 26.3 Å². The molecule has 1 saturated heterocycles. The molecule has 54 valence electrons. The summed E-state index contributed by atoms with van der Waals surface area (Å²) in [4.78, 5) is 8.36. The fraction of sp³-hybridized carbons (Fsp3) is 0.800. The highest BCUT2D eigenvalue weighted by atomic mass is 16.5.